The van der Waals surface area contributed by atoms with E-state index in [1.807, 2.05) is 54.7 Å². The summed E-state index contributed by atoms with van der Waals surface area (Å²) in [4.78, 5) is 52.7. The maximum absolute atomic E-state index is 14.7. The predicted molar refractivity (Wildman–Crippen MR) is 180 cm³/mol. The van der Waals surface area contributed by atoms with Crippen molar-refractivity contribution in [3.63, 3.8) is 0 Å². The number of benzene rings is 2. The van der Waals surface area contributed by atoms with Gasteiger partial charge in [0.25, 0.3) is 5.91 Å². The van der Waals surface area contributed by atoms with E-state index in [9.17, 15) is 19.5 Å². The monoisotopic (exact) mass is 621 g/mol. The minimum Gasteiger partial charge on any atom is -0.394 e. The molecule has 0 saturated carbocycles. The van der Waals surface area contributed by atoms with Gasteiger partial charge in [-0.05, 0) is 72.6 Å². The van der Waals surface area contributed by atoms with E-state index in [0.717, 1.165) is 34.9 Å². The minimum absolute atomic E-state index is 0.124. The number of anilines is 1. The third-order valence-electron chi connectivity index (χ3n) is 8.71. The molecule has 240 valence electrons. The van der Waals surface area contributed by atoms with Gasteiger partial charge >= 0.3 is 0 Å². The Kier molecular flexibility index (Phi) is 10.0. The first-order valence-corrected chi connectivity index (χ1v) is 15.8. The second-order valence-corrected chi connectivity index (χ2v) is 12.9. The van der Waals surface area contributed by atoms with E-state index < -0.39 is 24.0 Å². The van der Waals surface area contributed by atoms with Crippen molar-refractivity contribution in [1.82, 2.24) is 20.2 Å². The number of fused-ring (bicyclic) bond motifs is 1. The first-order valence-electron chi connectivity index (χ1n) is 15.8. The van der Waals surface area contributed by atoms with E-state index in [0.29, 0.717) is 30.6 Å². The molecule has 9 heteroatoms. The highest BCUT2D eigenvalue weighted by molar-refractivity contribution is 6.05. The fourth-order valence-corrected chi connectivity index (χ4v) is 6.22. The first kappa shape index (κ1) is 32.6. The maximum atomic E-state index is 14.7. The van der Waals surface area contributed by atoms with Gasteiger partial charge in [-0.15, -0.1) is 0 Å². The number of rotatable bonds is 10. The molecule has 1 saturated heterocycles. The summed E-state index contributed by atoms with van der Waals surface area (Å²) in [5.41, 5.74) is 3.91. The zero-order valence-corrected chi connectivity index (χ0v) is 26.8. The van der Waals surface area contributed by atoms with E-state index in [-0.39, 0.29) is 23.8 Å². The molecular formula is C37H43N5O4. The van der Waals surface area contributed by atoms with Crippen molar-refractivity contribution in [1.29, 1.82) is 0 Å². The smallest absolute Gasteiger partial charge is 0.250 e. The van der Waals surface area contributed by atoms with E-state index in [1.165, 1.54) is 11.0 Å². The molecule has 3 N–H and O–H groups in total. The number of nitrogens with one attached hydrogen (secondary N) is 2. The number of hydrogen-bond acceptors (Lipinski definition) is 5. The summed E-state index contributed by atoms with van der Waals surface area (Å²) in [6.07, 6.45) is 8.71. The van der Waals surface area contributed by atoms with Gasteiger partial charge in [0.2, 0.25) is 11.8 Å². The van der Waals surface area contributed by atoms with Gasteiger partial charge in [-0.3, -0.25) is 24.3 Å². The van der Waals surface area contributed by atoms with Crippen LogP contribution in [0, 0.1) is 0 Å². The third-order valence-corrected chi connectivity index (χ3v) is 8.71. The van der Waals surface area contributed by atoms with Crippen LogP contribution in [0.1, 0.15) is 62.8 Å². The van der Waals surface area contributed by atoms with Crippen LogP contribution >= 0.6 is 0 Å². The van der Waals surface area contributed by atoms with Crippen LogP contribution in [0.2, 0.25) is 0 Å². The van der Waals surface area contributed by atoms with Crippen LogP contribution in [0.3, 0.4) is 0 Å². The van der Waals surface area contributed by atoms with Gasteiger partial charge < -0.3 is 20.3 Å². The van der Waals surface area contributed by atoms with Crippen molar-refractivity contribution in [3.8, 4) is 0 Å². The molecule has 2 aromatic carbocycles. The number of nitrogens with zero attached hydrogens (tertiary/aromatic N) is 3. The number of H-pyrrole nitrogens is 1. The molecule has 3 heterocycles. The molecule has 0 bridgehead atoms. The Labute approximate surface area is 270 Å². The average molecular weight is 622 g/mol. The second kappa shape index (κ2) is 14.1. The van der Waals surface area contributed by atoms with Crippen LogP contribution in [0.5, 0.6) is 0 Å². The summed E-state index contributed by atoms with van der Waals surface area (Å²) < 4.78 is 0. The zero-order valence-electron chi connectivity index (χ0n) is 26.8. The normalized spacial score (nSPS) is 16.4. The minimum atomic E-state index is -1.12. The van der Waals surface area contributed by atoms with E-state index in [4.69, 9.17) is 0 Å². The highest BCUT2D eigenvalue weighted by Crippen LogP contribution is 2.33. The summed E-state index contributed by atoms with van der Waals surface area (Å²) >= 11 is 0. The number of hydrogen-bond donors (Lipinski definition) is 3. The van der Waals surface area contributed by atoms with Crippen LogP contribution in [0.4, 0.5) is 5.69 Å². The summed E-state index contributed by atoms with van der Waals surface area (Å²) in [5, 5.41) is 14.5. The molecule has 2 aromatic heterocycles. The van der Waals surface area contributed by atoms with E-state index in [2.05, 4.69) is 42.6 Å². The number of amides is 3. The fourth-order valence-electron chi connectivity index (χ4n) is 6.22. The SMILES string of the molecule is C=CC(=O)N1CCCCC1C(=O)N(c1ccc(C(C)(C)C)cc1)C(C(=O)NC(CO)Cc1c[nH]c2ccccc12)c1cccnc1. The lowest BCUT2D eigenvalue weighted by Crippen LogP contribution is -2.56. The maximum Gasteiger partial charge on any atom is 0.250 e. The van der Waals surface area contributed by atoms with Crippen LogP contribution in [0.15, 0.2) is 91.9 Å². The molecule has 4 aromatic rings. The average Bonchev–Trinajstić information content (AvgIpc) is 3.48. The first-order chi connectivity index (χ1) is 22.1. The number of aromatic nitrogens is 2. The van der Waals surface area contributed by atoms with Gasteiger partial charge in [0.05, 0.1) is 12.6 Å². The molecule has 3 amide bonds. The number of aliphatic hydroxyl groups is 1. The number of para-hydroxylation sites is 1. The van der Waals surface area contributed by atoms with Gasteiger partial charge in [0.1, 0.15) is 12.1 Å². The van der Waals surface area contributed by atoms with Crippen molar-refractivity contribution in [3.05, 3.63) is 109 Å². The van der Waals surface area contributed by atoms with Gasteiger partial charge in [-0.25, -0.2) is 0 Å². The molecule has 1 fully saturated rings. The highest BCUT2D eigenvalue weighted by atomic mass is 16.3. The number of carbonyl (C=O) groups excluding carboxylic acids is 3. The molecule has 1 aliphatic heterocycles. The van der Waals surface area contributed by atoms with Gasteiger partial charge in [-0.2, -0.15) is 0 Å². The van der Waals surface area contributed by atoms with Crippen LogP contribution < -0.4 is 10.2 Å². The van der Waals surface area contributed by atoms with Crippen LogP contribution in [0.25, 0.3) is 10.9 Å². The molecule has 46 heavy (non-hydrogen) atoms. The third kappa shape index (κ3) is 7.05. The molecule has 0 aliphatic carbocycles. The number of likely N-dealkylation sites (tertiary alicyclic amines) is 1. The van der Waals surface area contributed by atoms with Crippen LogP contribution in [-0.2, 0) is 26.2 Å². The Morgan fingerprint density at radius 2 is 1.87 bits per heavy atom. The number of piperidine rings is 1. The summed E-state index contributed by atoms with van der Waals surface area (Å²) in [5.74, 6) is -1.14. The molecule has 0 spiro atoms. The Hall–Kier alpha value is -4.76. The topological polar surface area (TPSA) is 119 Å². The standard InChI is InChI=1S/C37H43N5O4/c1-5-33(44)41-20-9-8-14-32(41)36(46)42(29-17-15-27(16-18-29)37(2,3)4)34(25-11-10-19-38-22-25)35(45)40-28(24-43)21-26-23-39-31-13-7-6-12-30(26)31/h5-7,10-13,15-19,22-23,28,32,34,39,43H,1,8-9,14,20-21,24H2,2-4H3,(H,40,45). The van der Waals surface area contributed by atoms with Crippen molar-refractivity contribution < 1.29 is 19.5 Å². The van der Waals surface area contributed by atoms with Crippen LogP contribution in [-0.4, -0.2) is 62.9 Å². The van der Waals surface area contributed by atoms with Gasteiger partial charge in [0.15, 0.2) is 0 Å². The summed E-state index contributed by atoms with van der Waals surface area (Å²) in [6, 6.07) is 16.5. The van der Waals surface area contributed by atoms with Gasteiger partial charge in [0, 0.05) is 47.3 Å². The van der Waals surface area contributed by atoms with Crippen molar-refractivity contribution in [2.75, 3.05) is 18.1 Å². The molecule has 3 unspecified atom stereocenters. The van der Waals surface area contributed by atoms with E-state index >= 15 is 0 Å². The van der Waals surface area contributed by atoms with E-state index in [1.54, 1.807) is 29.4 Å². The molecule has 9 nitrogen and oxygen atoms in total. The molecule has 5 rings (SSSR count). The number of aromatic amines is 1. The quantitative estimate of drug-likeness (QED) is 0.210. The number of carbonyl (C=O) groups is 3. The fraction of sp³-hybridized carbons (Fsp3) is 0.351. The molecule has 1 aliphatic rings. The second-order valence-electron chi connectivity index (χ2n) is 12.9. The summed E-state index contributed by atoms with van der Waals surface area (Å²) in [7, 11) is 0. The summed E-state index contributed by atoms with van der Waals surface area (Å²) in [6.45, 7) is 10.1. The highest BCUT2D eigenvalue weighted by Gasteiger charge is 2.41. The Bertz CT molecular complexity index is 1680. The largest absolute Gasteiger partial charge is 0.394 e. The number of aliphatic hydroxyl groups excluding tert-OH is 1. The number of pyridine rings is 1. The predicted octanol–water partition coefficient (Wildman–Crippen LogP) is 5.22. The Morgan fingerprint density at radius 1 is 1.11 bits per heavy atom. The Balaban J connectivity index is 1.56. The van der Waals surface area contributed by atoms with Crippen molar-refractivity contribution >= 4 is 34.3 Å². The lowest BCUT2D eigenvalue weighted by Gasteiger charge is -2.40. The molecule has 3 atom stereocenters. The molecule has 0 radical (unpaired) electrons. The molecular weight excluding hydrogens is 578 g/mol. The Morgan fingerprint density at radius 3 is 2.54 bits per heavy atom. The van der Waals surface area contributed by atoms with Crippen molar-refractivity contribution in [2.45, 2.75) is 70.0 Å². The van der Waals surface area contributed by atoms with Gasteiger partial charge in [-0.1, -0.05) is 63.7 Å². The zero-order chi connectivity index (χ0) is 32.8. The van der Waals surface area contributed by atoms with Crippen molar-refractivity contribution in [2.24, 2.45) is 0 Å². The lowest BCUT2D eigenvalue weighted by atomic mass is 9.87. The lowest BCUT2D eigenvalue weighted by molar-refractivity contribution is -0.138.